The largest absolute Gasteiger partial charge is 0.494 e. The number of ether oxygens (including phenoxy) is 1. The van der Waals surface area contributed by atoms with Crippen molar-refractivity contribution in [2.75, 3.05) is 17.2 Å². The smallest absolute Gasteiger partial charge is 0.238 e. The first-order chi connectivity index (χ1) is 14.6. The van der Waals surface area contributed by atoms with Gasteiger partial charge in [0.15, 0.2) is 0 Å². The van der Waals surface area contributed by atoms with Gasteiger partial charge in [-0.2, -0.15) is 5.26 Å². The molecule has 0 spiro atoms. The summed E-state index contributed by atoms with van der Waals surface area (Å²) >= 11 is 4.92. The molecule has 0 fully saturated rings. The highest BCUT2D eigenvalue weighted by Gasteiger charge is 2.29. The maximum Gasteiger partial charge on any atom is 0.238 e. The van der Waals surface area contributed by atoms with Crippen LogP contribution in [0.3, 0.4) is 0 Å². The summed E-state index contributed by atoms with van der Waals surface area (Å²) in [5.74, 6) is 0.845. The van der Waals surface area contributed by atoms with Crippen LogP contribution in [0.15, 0.2) is 23.1 Å². The van der Waals surface area contributed by atoms with E-state index in [2.05, 4.69) is 16.7 Å². The molecule has 1 aromatic heterocycles. The lowest BCUT2D eigenvalue weighted by atomic mass is 9.96. The lowest BCUT2D eigenvalue weighted by Crippen LogP contribution is -2.27. The molecule has 2 aromatic rings. The summed E-state index contributed by atoms with van der Waals surface area (Å²) in [5.41, 5.74) is 2.90. The van der Waals surface area contributed by atoms with Crippen LogP contribution in [0.5, 0.6) is 5.75 Å². The Morgan fingerprint density at radius 3 is 3.00 bits per heavy atom. The van der Waals surface area contributed by atoms with Crippen LogP contribution in [0.25, 0.3) is 0 Å². The van der Waals surface area contributed by atoms with Crippen LogP contribution >= 0.6 is 34.9 Å². The molecule has 158 valence electrons. The molecule has 2 N–H and O–H groups in total. The highest BCUT2D eigenvalue weighted by atomic mass is 32.2. The van der Waals surface area contributed by atoms with Gasteiger partial charge in [0.05, 0.1) is 17.4 Å². The molecular weight excluding hydrogens is 434 g/mol. The van der Waals surface area contributed by atoms with E-state index in [1.54, 1.807) is 34.9 Å². The van der Waals surface area contributed by atoms with E-state index >= 15 is 0 Å². The van der Waals surface area contributed by atoms with Crippen molar-refractivity contribution in [2.24, 2.45) is 0 Å². The van der Waals surface area contributed by atoms with Gasteiger partial charge >= 0.3 is 0 Å². The van der Waals surface area contributed by atoms with Crippen molar-refractivity contribution in [2.45, 2.75) is 60.8 Å². The number of amides is 1. The number of nitriles is 1. The van der Waals surface area contributed by atoms with Crippen LogP contribution in [-0.2, 0) is 17.6 Å². The Morgan fingerprint density at radius 2 is 2.23 bits per heavy atom. The molecule has 0 saturated carbocycles. The van der Waals surface area contributed by atoms with Gasteiger partial charge in [-0.3, -0.25) is 4.79 Å². The van der Waals surface area contributed by atoms with Crippen molar-refractivity contribution in [3.8, 4) is 11.8 Å². The predicted molar refractivity (Wildman–Crippen MR) is 127 cm³/mol. The van der Waals surface area contributed by atoms with Crippen molar-refractivity contribution >= 4 is 51.5 Å². The van der Waals surface area contributed by atoms with Crippen molar-refractivity contribution in [1.82, 2.24) is 0 Å². The van der Waals surface area contributed by atoms with Crippen LogP contribution in [0.1, 0.15) is 49.1 Å². The molecule has 1 aliphatic carbocycles. The van der Waals surface area contributed by atoms with Gasteiger partial charge in [-0.25, -0.2) is 0 Å². The number of nitrogens with one attached hydrogen (secondary N) is 2. The van der Waals surface area contributed by atoms with E-state index in [0.717, 1.165) is 59.0 Å². The van der Waals surface area contributed by atoms with E-state index in [4.69, 9.17) is 4.74 Å². The number of nitrogens with zero attached hydrogens (tertiary/aromatic N) is 1. The molecule has 30 heavy (non-hydrogen) atoms. The molecule has 4 rings (SSSR count). The lowest BCUT2D eigenvalue weighted by Gasteiger charge is -2.18. The fraction of sp³-hybridized carbons (Fsp3) is 0.455. The summed E-state index contributed by atoms with van der Waals surface area (Å²) in [6.07, 6.45) is 4.97. The molecule has 5 nitrogen and oxygen atoms in total. The first-order valence-electron chi connectivity index (χ1n) is 10.3. The Kier molecular flexibility index (Phi) is 6.81. The van der Waals surface area contributed by atoms with E-state index in [9.17, 15) is 10.1 Å². The number of fused-ring (bicyclic) bond motifs is 2. The normalized spacial score (nSPS) is 18.0. The standard InChI is InChI=1S/C22H25N3O2S3/c1-3-17(29-22-24-16-10-9-13(27-4-2)11-19(16)30-22)20(26)25-21-15(12-23)14-7-5-6-8-18(14)28-21/h9-11,17,22,24H,3-8H2,1-2H3,(H,25,26)/t17-,22+/m0/s1. The molecule has 0 unspecified atom stereocenters. The van der Waals surface area contributed by atoms with E-state index < -0.39 is 0 Å². The number of hydrogen-bond donors (Lipinski definition) is 2. The number of aryl methyl sites for hydroxylation is 1. The molecular formula is C22H25N3O2S3. The maximum absolute atomic E-state index is 13.0. The van der Waals surface area contributed by atoms with Gasteiger partial charge in [0, 0.05) is 15.5 Å². The molecule has 1 aromatic carbocycles. The molecule has 8 heteroatoms. The zero-order valence-corrected chi connectivity index (χ0v) is 19.6. The SMILES string of the molecule is CCOc1ccc2c(c1)S[C@@H](S[C@@H](CC)C(=O)Nc1sc3c(c1C#N)CCCC3)N2. The monoisotopic (exact) mass is 459 g/mol. The van der Waals surface area contributed by atoms with Crippen molar-refractivity contribution in [1.29, 1.82) is 5.26 Å². The van der Waals surface area contributed by atoms with E-state index in [-0.39, 0.29) is 15.9 Å². The van der Waals surface area contributed by atoms with Gasteiger partial charge in [-0.1, -0.05) is 18.7 Å². The van der Waals surface area contributed by atoms with Gasteiger partial charge in [-0.15, -0.1) is 23.1 Å². The minimum atomic E-state index is -0.193. The highest BCUT2D eigenvalue weighted by molar-refractivity contribution is 8.18. The molecule has 2 aliphatic rings. The summed E-state index contributed by atoms with van der Waals surface area (Å²) in [4.78, 5) is 15.4. The molecule has 2 heterocycles. The van der Waals surface area contributed by atoms with E-state index in [0.29, 0.717) is 12.2 Å². The van der Waals surface area contributed by atoms with Crippen LogP contribution in [0, 0.1) is 11.3 Å². The number of hydrogen-bond acceptors (Lipinski definition) is 7. The summed E-state index contributed by atoms with van der Waals surface area (Å²) < 4.78 is 5.66. The molecule has 1 amide bonds. The number of thiophene rings is 1. The Hall–Kier alpha value is -1.82. The Bertz CT molecular complexity index is 983. The van der Waals surface area contributed by atoms with E-state index in [1.165, 1.54) is 4.88 Å². The summed E-state index contributed by atoms with van der Waals surface area (Å²) in [7, 11) is 0. The van der Waals surface area contributed by atoms with Crippen molar-refractivity contribution in [3.63, 3.8) is 0 Å². The quantitative estimate of drug-likeness (QED) is 0.541. The van der Waals surface area contributed by atoms with Crippen molar-refractivity contribution < 1.29 is 9.53 Å². The molecule has 2 atom stereocenters. The number of carbonyl (C=O) groups excluding carboxylic acids is 1. The Labute approximate surface area is 190 Å². The van der Waals surface area contributed by atoms with Gasteiger partial charge in [-0.05, 0) is 62.8 Å². The number of anilines is 2. The predicted octanol–water partition coefficient (Wildman–Crippen LogP) is 5.85. The molecule has 0 saturated heterocycles. The first-order valence-corrected chi connectivity index (χ1v) is 13.0. The fourth-order valence-corrected chi connectivity index (χ4v) is 7.67. The topological polar surface area (TPSA) is 74.1 Å². The fourth-order valence-electron chi connectivity index (χ4n) is 3.77. The minimum absolute atomic E-state index is 0.0223. The Balaban J connectivity index is 1.42. The van der Waals surface area contributed by atoms with Crippen LogP contribution in [-0.4, -0.2) is 22.5 Å². The van der Waals surface area contributed by atoms with Crippen LogP contribution in [0.2, 0.25) is 0 Å². The third kappa shape index (κ3) is 4.43. The zero-order chi connectivity index (χ0) is 21.1. The maximum atomic E-state index is 13.0. The average Bonchev–Trinajstić information content (AvgIpc) is 3.31. The summed E-state index contributed by atoms with van der Waals surface area (Å²) in [5, 5.41) is 16.7. The minimum Gasteiger partial charge on any atom is -0.494 e. The van der Waals surface area contributed by atoms with Crippen molar-refractivity contribution in [3.05, 3.63) is 34.2 Å². The highest BCUT2D eigenvalue weighted by Crippen LogP contribution is 2.46. The number of benzene rings is 1. The third-order valence-corrected chi connectivity index (χ3v) is 9.24. The first kappa shape index (κ1) is 21.4. The molecule has 0 bridgehead atoms. The average molecular weight is 460 g/mol. The number of thioether (sulfide) groups is 2. The second-order valence-corrected chi connectivity index (χ2v) is 11.1. The molecule has 0 radical (unpaired) electrons. The number of carbonyl (C=O) groups is 1. The summed E-state index contributed by atoms with van der Waals surface area (Å²) in [6.45, 7) is 4.65. The van der Waals surface area contributed by atoms with Crippen LogP contribution < -0.4 is 15.4 Å². The number of rotatable bonds is 7. The third-order valence-electron chi connectivity index (χ3n) is 5.24. The Morgan fingerprint density at radius 1 is 1.40 bits per heavy atom. The second-order valence-electron chi connectivity index (χ2n) is 7.23. The summed E-state index contributed by atoms with van der Waals surface area (Å²) in [6, 6.07) is 8.38. The van der Waals surface area contributed by atoms with Gasteiger partial charge < -0.3 is 15.4 Å². The van der Waals surface area contributed by atoms with E-state index in [1.807, 2.05) is 32.0 Å². The molecule has 1 aliphatic heterocycles. The zero-order valence-electron chi connectivity index (χ0n) is 17.1. The van der Waals surface area contributed by atoms with Gasteiger partial charge in [0.25, 0.3) is 0 Å². The van der Waals surface area contributed by atoms with Gasteiger partial charge in [0.2, 0.25) is 5.91 Å². The van der Waals surface area contributed by atoms with Crippen LogP contribution in [0.4, 0.5) is 10.7 Å². The van der Waals surface area contributed by atoms with Gasteiger partial charge in [0.1, 0.15) is 21.5 Å². The lowest BCUT2D eigenvalue weighted by molar-refractivity contribution is -0.115. The second kappa shape index (κ2) is 9.54.